The van der Waals surface area contributed by atoms with Crippen molar-refractivity contribution in [2.24, 2.45) is 0 Å². The van der Waals surface area contributed by atoms with E-state index in [1.54, 1.807) is 23.5 Å². The van der Waals surface area contributed by atoms with E-state index in [4.69, 9.17) is 4.74 Å². The van der Waals surface area contributed by atoms with Gasteiger partial charge in [-0.3, -0.25) is 0 Å². The molecule has 102 valence electrons. The molecule has 2 aromatic rings. The second-order valence-corrected chi connectivity index (χ2v) is 5.47. The van der Waals surface area contributed by atoms with Crippen molar-refractivity contribution in [2.75, 3.05) is 14.2 Å². The highest BCUT2D eigenvalue weighted by atomic mass is 32.1. The first-order valence-corrected chi connectivity index (χ1v) is 7.10. The van der Waals surface area contributed by atoms with Crippen LogP contribution in [0.25, 0.3) is 0 Å². The number of rotatable bonds is 5. The van der Waals surface area contributed by atoms with Crippen molar-refractivity contribution in [3.8, 4) is 5.75 Å². The summed E-state index contributed by atoms with van der Waals surface area (Å²) in [6.45, 7) is 2.14. The second kappa shape index (κ2) is 6.17. The van der Waals surface area contributed by atoms with Gasteiger partial charge in [0.15, 0.2) is 11.6 Å². The van der Waals surface area contributed by atoms with Gasteiger partial charge in [-0.2, -0.15) is 0 Å². The number of hydrogen-bond donors (Lipinski definition) is 1. The normalized spacial score (nSPS) is 12.4. The van der Waals surface area contributed by atoms with Crippen molar-refractivity contribution in [2.45, 2.75) is 19.4 Å². The van der Waals surface area contributed by atoms with Crippen LogP contribution in [0.2, 0.25) is 0 Å². The summed E-state index contributed by atoms with van der Waals surface area (Å²) in [6, 6.07) is 9.34. The number of nitrogens with one attached hydrogen (secondary N) is 1. The average molecular weight is 279 g/mol. The Balaban J connectivity index is 2.36. The van der Waals surface area contributed by atoms with Gasteiger partial charge in [-0.25, -0.2) is 4.39 Å². The fourth-order valence-electron chi connectivity index (χ4n) is 2.07. The van der Waals surface area contributed by atoms with Crippen molar-refractivity contribution in [3.63, 3.8) is 0 Å². The Bertz CT molecular complexity index is 553. The summed E-state index contributed by atoms with van der Waals surface area (Å²) in [5.41, 5.74) is 1.00. The number of methoxy groups -OCH3 is 1. The molecule has 0 amide bonds. The molecule has 1 atom stereocenters. The van der Waals surface area contributed by atoms with Gasteiger partial charge in [-0.1, -0.05) is 13.0 Å². The van der Waals surface area contributed by atoms with Gasteiger partial charge in [0.05, 0.1) is 13.2 Å². The monoisotopic (exact) mass is 279 g/mol. The van der Waals surface area contributed by atoms with Crippen LogP contribution >= 0.6 is 11.3 Å². The fourth-order valence-corrected chi connectivity index (χ4v) is 3.16. The van der Waals surface area contributed by atoms with E-state index in [2.05, 4.69) is 24.4 Å². The van der Waals surface area contributed by atoms with Crippen LogP contribution in [-0.4, -0.2) is 14.2 Å². The summed E-state index contributed by atoms with van der Waals surface area (Å²) in [6.07, 6.45) is 1.04. The molecule has 0 aliphatic heterocycles. The van der Waals surface area contributed by atoms with Crippen LogP contribution in [0.5, 0.6) is 5.75 Å². The molecule has 0 aliphatic rings. The molecule has 1 aromatic carbocycles. The fraction of sp³-hybridized carbons (Fsp3) is 0.333. The van der Waals surface area contributed by atoms with Crippen molar-refractivity contribution < 1.29 is 9.13 Å². The maximum atomic E-state index is 13.5. The van der Waals surface area contributed by atoms with Gasteiger partial charge in [0.25, 0.3) is 0 Å². The molecule has 2 nitrogen and oxygen atoms in total. The molecule has 1 aromatic heterocycles. The van der Waals surface area contributed by atoms with E-state index < -0.39 is 0 Å². The summed E-state index contributed by atoms with van der Waals surface area (Å²) in [7, 11) is 3.39. The first kappa shape index (κ1) is 14.0. The minimum Gasteiger partial charge on any atom is -0.494 e. The number of benzene rings is 1. The van der Waals surface area contributed by atoms with Crippen molar-refractivity contribution in [1.82, 2.24) is 5.32 Å². The number of aryl methyl sites for hydroxylation is 1. The zero-order valence-electron chi connectivity index (χ0n) is 11.4. The molecule has 1 heterocycles. The Morgan fingerprint density at radius 1 is 1.32 bits per heavy atom. The minimum atomic E-state index is -0.332. The van der Waals surface area contributed by atoms with Crippen LogP contribution in [-0.2, 0) is 6.42 Å². The van der Waals surface area contributed by atoms with Crippen molar-refractivity contribution in [1.29, 1.82) is 0 Å². The molecule has 1 unspecified atom stereocenters. The first-order chi connectivity index (χ1) is 9.19. The lowest BCUT2D eigenvalue weighted by atomic mass is 10.1. The third-order valence-electron chi connectivity index (χ3n) is 3.11. The SMILES string of the molecule is CCc1ccc(C(NC)c2ccc(F)c(OC)c2)s1. The quantitative estimate of drug-likeness (QED) is 0.899. The van der Waals surface area contributed by atoms with E-state index in [9.17, 15) is 4.39 Å². The van der Waals surface area contributed by atoms with E-state index in [0.717, 1.165) is 12.0 Å². The lowest BCUT2D eigenvalue weighted by Crippen LogP contribution is -2.16. The molecule has 19 heavy (non-hydrogen) atoms. The van der Waals surface area contributed by atoms with E-state index in [-0.39, 0.29) is 17.6 Å². The van der Waals surface area contributed by atoms with Crippen molar-refractivity contribution >= 4 is 11.3 Å². The van der Waals surface area contributed by atoms with Crippen LogP contribution in [0.1, 0.15) is 28.3 Å². The van der Waals surface area contributed by atoms with Crippen LogP contribution in [0, 0.1) is 5.82 Å². The Morgan fingerprint density at radius 3 is 2.68 bits per heavy atom. The standard InChI is InChI=1S/C15H18FNOS/c1-4-11-6-8-14(19-11)15(17-2)10-5-7-12(16)13(9-10)18-3/h5-9,15,17H,4H2,1-3H3. The smallest absolute Gasteiger partial charge is 0.165 e. The van der Waals surface area contributed by atoms with Gasteiger partial charge < -0.3 is 10.1 Å². The van der Waals surface area contributed by atoms with Gasteiger partial charge in [0.1, 0.15) is 0 Å². The molecule has 0 saturated carbocycles. The number of thiophene rings is 1. The van der Waals surface area contributed by atoms with Crippen LogP contribution in [0.4, 0.5) is 4.39 Å². The second-order valence-electron chi connectivity index (χ2n) is 4.27. The molecule has 0 aliphatic carbocycles. The molecule has 0 radical (unpaired) electrons. The lowest BCUT2D eigenvalue weighted by Gasteiger charge is -2.16. The third kappa shape index (κ3) is 2.96. The van der Waals surface area contributed by atoms with Crippen LogP contribution in [0.3, 0.4) is 0 Å². The van der Waals surface area contributed by atoms with Gasteiger partial charge in [-0.05, 0) is 43.3 Å². The highest BCUT2D eigenvalue weighted by Gasteiger charge is 2.16. The number of halogens is 1. The number of hydrogen-bond acceptors (Lipinski definition) is 3. The minimum absolute atomic E-state index is 0.0693. The lowest BCUT2D eigenvalue weighted by molar-refractivity contribution is 0.385. The van der Waals surface area contributed by atoms with Crippen molar-refractivity contribution in [3.05, 3.63) is 51.5 Å². The van der Waals surface area contributed by atoms with E-state index in [0.29, 0.717) is 0 Å². The molecule has 2 rings (SSSR count). The Kier molecular flexibility index (Phi) is 4.56. The molecule has 0 fully saturated rings. The molecule has 4 heteroatoms. The summed E-state index contributed by atoms with van der Waals surface area (Å²) in [5, 5.41) is 3.28. The number of ether oxygens (including phenoxy) is 1. The van der Waals surface area contributed by atoms with E-state index in [1.165, 1.54) is 22.9 Å². The summed E-state index contributed by atoms with van der Waals surface area (Å²) >= 11 is 1.78. The Morgan fingerprint density at radius 2 is 2.11 bits per heavy atom. The summed E-state index contributed by atoms with van der Waals surface area (Å²) in [5.74, 6) is -0.0495. The Hall–Kier alpha value is -1.39. The Labute approximate surface area is 117 Å². The zero-order valence-corrected chi connectivity index (χ0v) is 12.2. The van der Waals surface area contributed by atoms with Gasteiger partial charge >= 0.3 is 0 Å². The molecular formula is C15H18FNOS. The predicted molar refractivity (Wildman–Crippen MR) is 77.6 cm³/mol. The van der Waals surface area contributed by atoms with Gasteiger partial charge in [0.2, 0.25) is 0 Å². The van der Waals surface area contributed by atoms with Gasteiger partial charge in [0, 0.05) is 9.75 Å². The molecule has 0 saturated heterocycles. The topological polar surface area (TPSA) is 21.3 Å². The summed E-state index contributed by atoms with van der Waals surface area (Å²) in [4.78, 5) is 2.58. The van der Waals surface area contributed by atoms with Gasteiger partial charge in [-0.15, -0.1) is 11.3 Å². The summed E-state index contributed by atoms with van der Waals surface area (Å²) < 4.78 is 18.5. The highest BCUT2D eigenvalue weighted by Crippen LogP contribution is 2.31. The first-order valence-electron chi connectivity index (χ1n) is 6.29. The highest BCUT2D eigenvalue weighted by molar-refractivity contribution is 7.12. The molecular weight excluding hydrogens is 261 g/mol. The largest absolute Gasteiger partial charge is 0.494 e. The zero-order chi connectivity index (χ0) is 13.8. The maximum absolute atomic E-state index is 13.5. The van der Waals surface area contributed by atoms with E-state index >= 15 is 0 Å². The van der Waals surface area contributed by atoms with E-state index in [1.807, 2.05) is 7.05 Å². The average Bonchev–Trinajstić information content (AvgIpc) is 2.90. The van der Waals surface area contributed by atoms with Crippen LogP contribution in [0.15, 0.2) is 30.3 Å². The maximum Gasteiger partial charge on any atom is 0.165 e. The molecule has 0 bridgehead atoms. The third-order valence-corrected chi connectivity index (χ3v) is 4.41. The predicted octanol–water partition coefficient (Wildman–Crippen LogP) is 3.77. The molecule has 0 spiro atoms. The molecule has 1 N–H and O–H groups in total. The van der Waals surface area contributed by atoms with Crippen LogP contribution < -0.4 is 10.1 Å².